The third-order valence-electron chi connectivity index (χ3n) is 5.76. The van der Waals surface area contributed by atoms with Crippen molar-refractivity contribution in [1.82, 2.24) is 4.98 Å². The van der Waals surface area contributed by atoms with Gasteiger partial charge in [0.2, 0.25) is 11.5 Å². The minimum atomic E-state index is -1.17. The van der Waals surface area contributed by atoms with Crippen molar-refractivity contribution >= 4 is 17.5 Å². The van der Waals surface area contributed by atoms with Crippen LogP contribution in [-0.2, 0) is 27.4 Å². The Labute approximate surface area is 178 Å². The molecule has 4 rings (SSSR count). The number of aromatic nitrogens is 1. The average Bonchev–Trinajstić information content (AvgIpc) is 3.32. The van der Waals surface area contributed by atoms with Crippen LogP contribution in [0.4, 0.5) is 0 Å². The maximum Gasteiger partial charge on any atom is 0.371 e. The largest absolute Gasteiger partial charge is 0.492 e. The zero-order valence-electron chi connectivity index (χ0n) is 16.8. The summed E-state index contributed by atoms with van der Waals surface area (Å²) in [6, 6.07) is 4.56. The SMILES string of the molecule is O=C1C[C@H](COCc2ccc(C(=O)O)o2)[C@@H](COc2ccnc3c2CCCC3O)C1=O. The number of ketones is 2. The molecule has 2 aliphatic carbocycles. The summed E-state index contributed by atoms with van der Waals surface area (Å²) in [5, 5.41) is 19.0. The molecule has 0 aliphatic heterocycles. The molecule has 2 aromatic rings. The molecule has 1 saturated carbocycles. The van der Waals surface area contributed by atoms with E-state index >= 15 is 0 Å². The molecule has 2 N–H and O–H groups in total. The minimum absolute atomic E-state index is 0.0368. The topological polar surface area (TPSA) is 136 Å². The number of rotatable bonds is 8. The van der Waals surface area contributed by atoms with Crippen molar-refractivity contribution in [2.24, 2.45) is 11.8 Å². The van der Waals surface area contributed by atoms with Crippen LogP contribution in [0.3, 0.4) is 0 Å². The van der Waals surface area contributed by atoms with E-state index in [1.54, 1.807) is 12.3 Å². The molecule has 9 nitrogen and oxygen atoms in total. The first-order valence-corrected chi connectivity index (χ1v) is 10.2. The van der Waals surface area contributed by atoms with Gasteiger partial charge in [0.15, 0.2) is 5.78 Å². The Hall–Kier alpha value is -3.04. The van der Waals surface area contributed by atoms with Crippen LogP contribution in [0.5, 0.6) is 5.75 Å². The van der Waals surface area contributed by atoms with Gasteiger partial charge in [-0.1, -0.05) is 0 Å². The van der Waals surface area contributed by atoms with Crippen molar-refractivity contribution < 1.29 is 38.5 Å². The van der Waals surface area contributed by atoms with Crippen molar-refractivity contribution in [2.75, 3.05) is 13.2 Å². The van der Waals surface area contributed by atoms with Gasteiger partial charge in [0.1, 0.15) is 18.1 Å². The molecule has 2 heterocycles. The highest BCUT2D eigenvalue weighted by Crippen LogP contribution is 2.35. The first-order valence-electron chi connectivity index (χ1n) is 10.2. The van der Waals surface area contributed by atoms with E-state index in [2.05, 4.69) is 4.98 Å². The second-order valence-electron chi connectivity index (χ2n) is 7.84. The number of furan rings is 1. The van der Waals surface area contributed by atoms with E-state index in [0.717, 1.165) is 18.4 Å². The summed E-state index contributed by atoms with van der Waals surface area (Å²) in [5.74, 6) is -2.30. The fourth-order valence-corrected chi connectivity index (χ4v) is 4.12. The average molecular weight is 429 g/mol. The zero-order valence-corrected chi connectivity index (χ0v) is 16.8. The quantitative estimate of drug-likeness (QED) is 0.605. The first-order chi connectivity index (χ1) is 14.9. The van der Waals surface area contributed by atoms with Gasteiger partial charge in [-0.05, 0) is 37.5 Å². The molecule has 0 bridgehead atoms. The Morgan fingerprint density at radius 2 is 2.06 bits per heavy atom. The van der Waals surface area contributed by atoms with E-state index in [0.29, 0.717) is 23.6 Å². The summed E-state index contributed by atoms with van der Waals surface area (Å²) < 4.78 is 16.6. The van der Waals surface area contributed by atoms with Crippen LogP contribution in [0, 0.1) is 11.8 Å². The van der Waals surface area contributed by atoms with Gasteiger partial charge in [-0.3, -0.25) is 14.6 Å². The molecule has 0 aromatic carbocycles. The molecule has 0 radical (unpaired) electrons. The zero-order chi connectivity index (χ0) is 22.0. The third-order valence-corrected chi connectivity index (χ3v) is 5.76. The van der Waals surface area contributed by atoms with E-state index < -0.39 is 29.6 Å². The number of fused-ring (bicyclic) bond motifs is 1. The predicted molar refractivity (Wildman–Crippen MR) is 105 cm³/mol. The van der Waals surface area contributed by atoms with E-state index in [4.69, 9.17) is 19.0 Å². The van der Waals surface area contributed by atoms with Crippen LogP contribution in [0.25, 0.3) is 0 Å². The summed E-state index contributed by atoms with van der Waals surface area (Å²) in [4.78, 5) is 39.5. The molecule has 2 aromatic heterocycles. The third kappa shape index (κ3) is 4.52. The molecule has 31 heavy (non-hydrogen) atoms. The lowest BCUT2D eigenvalue weighted by molar-refractivity contribution is -0.136. The summed E-state index contributed by atoms with van der Waals surface area (Å²) in [5.41, 5.74) is 1.45. The van der Waals surface area contributed by atoms with Crippen molar-refractivity contribution in [1.29, 1.82) is 0 Å². The second-order valence-corrected chi connectivity index (χ2v) is 7.84. The van der Waals surface area contributed by atoms with Crippen LogP contribution in [0.2, 0.25) is 0 Å². The van der Waals surface area contributed by atoms with E-state index in [1.807, 2.05) is 0 Å². The number of hydrogen-bond donors (Lipinski definition) is 2. The van der Waals surface area contributed by atoms with Gasteiger partial charge < -0.3 is 24.1 Å². The minimum Gasteiger partial charge on any atom is -0.492 e. The molecule has 0 spiro atoms. The molecular formula is C22H23NO8. The van der Waals surface area contributed by atoms with Crippen LogP contribution < -0.4 is 4.74 Å². The number of carboxylic acids is 1. The van der Waals surface area contributed by atoms with Gasteiger partial charge in [-0.15, -0.1) is 0 Å². The summed E-state index contributed by atoms with van der Waals surface area (Å²) >= 11 is 0. The fourth-order valence-electron chi connectivity index (χ4n) is 4.12. The Morgan fingerprint density at radius 3 is 2.84 bits per heavy atom. The van der Waals surface area contributed by atoms with Crippen LogP contribution in [-0.4, -0.2) is 45.9 Å². The smallest absolute Gasteiger partial charge is 0.371 e. The van der Waals surface area contributed by atoms with E-state index in [1.165, 1.54) is 12.1 Å². The highest BCUT2D eigenvalue weighted by molar-refractivity contribution is 6.40. The molecule has 9 heteroatoms. The second kappa shape index (κ2) is 8.99. The lowest BCUT2D eigenvalue weighted by atomic mass is 9.93. The molecule has 1 unspecified atom stereocenters. The van der Waals surface area contributed by atoms with Crippen LogP contribution in [0.1, 0.15) is 52.9 Å². The maximum atomic E-state index is 12.4. The summed E-state index contributed by atoms with van der Waals surface area (Å²) in [6.07, 6.45) is 3.25. The van der Waals surface area contributed by atoms with Crippen molar-refractivity contribution in [3.63, 3.8) is 0 Å². The number of carboxylic acid groups (broad SMARTS) is 1. The fraction of sp³-hybridized carbons (Fsp3) is 0.455. The number of nitrogens with zero attached hydrogens (tertiary/aromatic N) is 1. The Bertz CT molecular complexity index is 997. The summed E-state index contributed by atoms with van der Waals surface area (Å²) in [6.45, 7) is 0.215. The standard InChI is InChI=1S/C22H23NO8/c24-16-3-1-2-14-18(6-7-23-20(14)16)30-11-15-12(8-17(25)21(15)26)9-29-10-13-4-5-19(31-13)22(27)28/h4-7,12,15-16,24H,1-3,8-11H2,(H,27,28)/t12-,15-,16?/m1/s1. The Kier molecular flexibility index (Phi) is 6.15. The Morgan fingerprint density at radius 1 is 1.23 bits per heavy atom. The molecule has 164 valence electrons. The number of hydrogen-bond acceptors (Lipinski definition) is 8. The van der Waals surface area contributed by atoms with Gasteiger partial charge in [0.25, 0.3) is 0 Å². The Balaban J connectivity index is 1.37. The number of carbonyl (C=O) groups excluding carboxylic acids is 2. The molecule has 0 saturated heterocycles. The van der Waals surface area contributed by atoms with Crippen molar-refractivity contribution in [2.45, 2.75) is 38.4 Å². The number of aliphatic hydroxyl groups is 1. The van der Waals surface area contributed by atoms with Gasteiger partial charge in [0, 0.05) is 24.1 Å². The first kappa shape index (κ1) is 21.2. The summed E-state index contributed by atoms with van der Waals surface area (Å²) in [7, 11) is 0. The number of Topliss-reactive ketones (excluding diaryl/α,β-unsaturated/α-hetero) is 2. The number of ether oxygens (including phenoxy) is 2. The molecule has 1 fully saturated rings. The highest BCUT2D eigenvalue weighted by Gasteiger charge is 2.42. The number of aromatic carboxylic acids is 1. The lowest BCUT2D eigenvalue weighted by Gasteiger charge is -2.24. The van der Waals surface area contributed by atoms with Gasteiger partial charge in [-0.2, -0.15) is 0 Å². The van der Waals surface area contributed by atoms with Gasteiger partial charge >= 0.3 is 5.97 Å². The van der Waals surface area contributed by atoms with E-state index in [9.17, 15) is 19.5 Å². The predicted octanol–water partition coefficient (Wildman–Crippen LogP) is 2.11. The lowest BCUT2D eigenvalue weighted by Crippen LogP contribution is -2.27. The van der Waals surface area contributed by atoms with Gasteiger partial charge in [-0.25, -0.2) is 4.79 Å². The van der Waals surface area contributed by atoms with Crippen LogP contribution >= 0.6 is 0 Å². The number of carbonyl (C=O) groups is 3. The van der Waals surface area contributed by atoms with E-state index in [-0.39, 0.29) is 37.9 Å². The normalized spacial score (nSPS) is 23.1. The highest BCUT2D eigenvalue weighted by atomic mass is 16.5. The van der Waals surface area contributed by atoms with Crippen molar-refractivity contribution in [3.8, 4) is 5.75 Å². The number of aliphatic hydroxyl groups excluding tert-OH is 1. The number of pyridine rings is 1. The van der Waals surface area contributed by atoms with Crippen LogP contribution in [0.15, 0.2) is 28.8 Å². The maximum absolute atomic E-state index is 12.4. The van der Waals surface area contributed by atoms with Crippen molar-refractivity contribution in [3.05, 3.63) is 47.2 Å². The van der Waals surface area contributed by atoms with Gasteiger partial charge in [0.05, 0.1) is 30.9 Å². The molecule has 0 amide bonds. The molecule has 2 aliphatic rings. The monoisotopic (exact) mass is 429 g/mol. The molecular weight excluding hydrogens is 406 g/mol. The molecule has 3 atom stereocenters.